The molecule has 4 N–H and O–H groups in total. The molecule has 0 fully saturated rings. The van der Waals surface area contributed by atoms with Crippen LogP contribution in [0.4, 0.5) is 0 Å². The third kappa shape index (κ3) is 10.9. The number of nitrogens with two attached hydrogens (primary N) is 1. The van der Waals surface area contributed by atoms with E-state index < -0.39 is 0 Å². The first-order valence-electron chi connectivity index (χ1n) is 8.84. The predicted molar refractivity (Wildman–Crippen MR) is 96.0 cm³/mol. The number of rotatable bonds is 13. The summed E-state index contributed by atoms with van der Waals surface area (Å²) in [4.78, 5) is 23.9. The first-order valence-corrected chi connectivity index (χ1v) is 8.84. The summed E-state index contributed by atoms with van der Waals surface area (Å²) in [6, 6.07) is -0.0482. The van der Waals surface area contributed by atoms with Crippen LogP contribution >= 0.6 is 0 Å². The topological polar surface area (TPSA) is 84.2 Å². The summed E-state index contributed by atoms with van der Waals surface area (Å²) in [5.41, 5.74) is 6.41. The van der Waals surface area contributed by atoms with Gasteiger partial charge in [-0.2, -0.15) is 0 Å². The number of unbranched alkanes of at least 4 members (excludes halogenated alkanes) is 3. The maximum absolute atomic E-state index is 12.0. The van der Waals surface area contributed by atoms with E-state index in [1.807, 2.05) is 13.8 Å². The third-order valence-corrected chi connectivity index (χ3v) is 3.99. The number of carbonyl (C=O) groups excluding carboxylic acids is 2. The Bertz CT molecular complexity index is 369. The first-order chi connectivity index (χ1) is 10.9. The van der Waals surface area contributed by atoms with Crippen LogP contribution in [0.15, 0.2) is 12.2 Å². The summed E-state index contributed by atoms with van der Waals surface area (Å²) in [6.07, 6.45) is 6.93. The molecule has 0 spiro atoms. The fourth-order valence-electron chi connectivity index (χ4n) is 2.35. The molecule has 5 nitrogen and oxygen atoms in total. The minimum atomic E-state index is -0.167. The van der Waals surface area contributed by atoms with Crippen LogP contribution in [0.5, 0.6) is 0 Å². The summed E-state index contributed by atoms with van der Waals surface area (Å²) in [5, 5.41) is 5.65. The van der Waals surface area contributed by atoms with E-state index in [1.54, 1.807) is 0 Å². The van der Waals surface area contributed by atoms with Crippen LogP contribution < -0.4 is 16.4 Å². The van der Waals surface area contributed by atoms with Crippen molar-refractivity contribution >= 4 is 11.8 Å². The van der Waals surface area contributed by atoms with Crippen molar-refractivity contribution in [1.29, 1.82) is 0 Å². The van der Waals surface area contributed by atoms with Crippen molar-refractivity contribution in [1.82, 2.24) is 10.6 Å². The molecule has 0 aliphatic rings. The van der Waals surface area contributed by atoms with E-state index in [9.17, 15) is 9.59 Å². The molecule has 2 atom stereocenters. The van der Waals surface area contributed by atoms with Gasteiger partial charge in [0, 0.05) is 12.0 Å². The summed E-state index contributed by atoms with van der Waals surface area (Å²) < 4.78 is 0. The molecule has 134 valence electrons. The van der Waals surface area contributed by atoms with E-state index in [1.165, 1.54) is 0 Å². The Balaban J connectivity index is 4.10. The highest BCUT2D eigenvalue weighted by atomic mass is 16.2. The standard InChI is InChI=1S/C18H35N3O2/c1-5-6-7-10-15(4)18(23)20-13-17(22)21-16(14(2)3)11-8-9-12-19/h15-16H,2,5-13,19H2,1,3-4H3,(H,20,23)(H,21,22). The van der Waals surface area contributed by atoms with Crippen molar-refractivity contribution < 1.29 is 9.59 Å². The van der Waals surface area contributed by atoms with Crippen molar-refractivity contribution in [2.75, 3.05) is 13.1 Å². The van der Waals surface area contributed by atoms with E-state index in [-0.39, 0.29) is 30.3 Å². The van der Waals surface area contributed by atoms with Crippen LogP contribution in [-0.4, -0.2) is 30.9 Å². The van der Waals surface area contributed by atoms with Gasteiger partial charge in [-0.25, -0.2) is 0 Å². The molecule has 0 rings (SSSR count). The lowest BCUT2D eigenvalue weighted by Crippen LogP contribution is -2.43. The van der Waals surface area contributed by atoms with Crippen LogP contribution in [-0.2, 0) is 9.59 Å². The number of amides is 2. The second kappa shape index (κ2) is 13.1. The highest BCUT2D eigenvalue weighted by molar-refractivity contribution is 5.85. The second-order valence-electron chi connectivity index (χ2n) is 6.37. The molecule has 0 aromatic carbocycles. The minimum absolute atomic E-state index is 0.0254. The van der Waals surface area contributed by atoms with E-state index in [0.717, 1.165) is 50.5 Å². The van der Waals surface area contributed by atoms with Gasteiger partial charge in [-0.15, -0.1) is 0 Å². The monoisotopic (exact) mass is 325 g/mol. The Morgan fingerprint density at radius 1 is 1.13 bits per heavy atom. The number of hydrogen-bond donors (Lipinski definition) is 3. The molecule has 5 heteroatoms. The predicted octanol–water partition coefficient (Wildman–Crippen LogP) is 2.51. The molecule has 0 radical (unpaired) electrons. The fraction of sp³-hybridized carbons (Fsp3) is 0.778. The molecular formula is C18H35N3O2. The smallest absolute Gasteiger partial charge is 0.239 e. The van der Waals surface area contributed by atoms with Crippen molar-refractivity contribution in [2.24, 2.45) is 11.7 Å². The number of hydrogen-bond acceptors (Lipinski definition) is 3. The lowest BCUT2D eigenvalue weighted by atomic mass is 10.0. The number of carbonyl (C=O) groups is 2. The minimum Gasteiger partial charge on any atom is -0.348 e. The lowest BCUT2D eigenvalue weighted by molar-refractivity contribution is -0.128. The molecule has 0 aliphatic heterocycles. The van der Waals surface area contributed by atoms with Gasteiger partial charge in [-0.3, -0.25) is 9.59 Å². The zero-order chi connectivity index (χ0) is 17.7. The fourth-order valence-corrected chi connectivity index (χ4v) is 2.35. The average molecular weight is 325 g/mol. The first kappa shape index (κ1) is 21.6. The molecule has 0 aromatic heterocycles. The van der Waals surface area contributed by atoms with Gasteiger partial charge < -0.3 is 16.4 Å². The van der Waals surface area contributed by atoms with Gasteiger partial charge in [-0.05, 0) is 39.2 Å². The molecular weight excluding hydrogens is 290 g/mol. The number of nitrogens with one attached hydrogen (secondary N) is 2. The van der Waals surface area contributed by atoms with Gasteiger partial charge >= 0.3 is 0 Å². The molecule has 0 heterocycles. The summed E-state index contributed by atoms with van der Waals surface area (Å²) in [5.74, 6) is -0.262. The Kier molecular flexibility index (Phi) is 12.3. The Morgan fingerprint density at radius 2 is 1.78 bits per heavy atom. The largest absolute Gasteiger partial charge is 0.348 e. The van der Waals surface area contributed by atoms with Gasteiger partial charge in [0.15, 0.2) is 0 Å². The highest BCUT2D eigenvalue weighted by Gasteiger charge is 2.16. The van der Waals surface area contributed by atoms with Gasteiger partial charge in [0.1, 0.15) is 0 Å². The van der Waals surface area contributed by atoms with Crippen molar-refractivity contribution in [2.45, 2.75) is 71.8 Å². The zero-order valence-corrected chi connectivity index (χ0v) is 15.1. The van der Waals surface area contributed by atoms with E-state index in [4.69, 9.17) is 5.73 Å². The molecule has 2 amide bonds. The van der Waals surface area contributed by atoms with Crippen LogP contribution in [0.3, 0.4) is 0 Å². The SMILES string of the molecule is C=C(C)C(CCCCN)NC(=O)CNC(=O)C(C)CCCCC. The van der Waals surface area contributed by atoms with Crippen LogP contribution in [0.25, 0.3) is 0 Å². The lowest BCUT2D eigenvalue weighted by Gasteiger charge is -2.19. The van der Waals surface area contributed by atoms with Gasteiger partial charge in [0.25, 0.3) is 0 Å². The van der Waals surface area contributed by atoms with Gasteiger partial charge in [0.2, 0.25) is 11.8 Å². The van der Waals surface area contributed by atoms with Crippen molar-refractivity contribution in [3.63, 3.8) is 0 Å². The van der Waals surface area contributed by atoms with E-state index in [0.29, 0.717) is 6.54 Å². The zero-order valence-electron chi connectivity index (χ0n) is 15.1. The maximum Gasteiger partial charge on any atom is 0.239 e. The quantitative estimate of drug-likeness (QED) is 0.359. The third-order valence-electron chi connectivity index (χ3n) is 3.99. The van der Waals surface area contributed by atoms with Crippen molar-refractivity contribution in [3.8, 4) is 0 Å². The van der Waals surface area contributed by atoms with E-state index >= 15 is 0 Å². The Morgan fingerprint density at radius 3 is 2.35 bits per heavy atom. The van der Waals surface area contributed by atoms with Crippen molar-refractivity contribution in [3.05, 3.63) is 12.2 Å². The summed E-state index contributed by atoms with van der Waals surface area (Å²) >= 11 is 0. The Hall–Kier alpha value is -1.36. The molecule has 0 aromatic rings. The summed E-state index contributed by atoms with van der Waals surface area (Å²) in [7, 11) is 0. The Labute approximate surface area is 141 Å². The van der Waals surface area contributed by atoms with Gasteiger partial charge in [0.05, 0.1) is 6.54 Å². The average Bonchev–Trinajstić information content (AvgIpc) is 2.51. The maximum atomic E-state index is 12.0. The molecule has 0 aliphatic carbocycles. The molecule has 0 saturated carbocycles. The van der Waals surface area contributed by atoms with Gasteiger partial charge in [-0.1, -0.05) is 45.3 Å². The molecule has 23 heavy (non-hydrogen) atoms. The highest BCUT2D eigenvalue weighted by Crippen LogP contribution is 2.09. The second-order valence-corrected chi connectivity index (χ2v) is 6.37. The molecule has 0 saturated heterocycles. The molecule has 2 unspecified atom stereocenters. The normalized spacial score (nSPS) is 13.2. The molecule has 0 bridgehead atoms. The van der Waals surface area contributed by atoms with Crippen LogP contribution in [0, 0.1) is 5.92 Å². The van der Waals surface area contributed by atoms with Crippen LogP contribution in [0.1, 0.15) is 65.7 Å². The van der Waals surface area contributed by atoms with Crippen LogP contribution in [0.2, 0.25) is 0 Å². The van der Waals surface area contributed by atoms with E-state index in [2.05, 4.69) is 24.1 Å². The summed E-state index contributed by atoms with van der Waals surface area (Å²) in [6.45, 7) is 10.6.